The highest BCUT2D eigenvalue weighted by molar-refractivity contribution is 5.22. The first-order valence-corrected chi connectivity index (χ1v) is 6.20. The van der Waals surface area contributed by atoms with Crippen LogP contribution < -0.4 is 0 Å². The van der Waals surface area contributed by atoms with E-state index in [1.165, 1.54) is 11.1 Å². The fourth-order valence-corrected chi connectivity index (χ4v) is 1.58. The maximum Gasteiger partial charge on any atom is 0.0313 e. The normalized spacial score (nSPS) is 15.4. The Morgan fingerprint density at radius 1 is 1.19 bits per heavy atom. The molecule has 16 heavy (non-hydrogen) atoms. The zero-order chi connectivity index (χ0) is 12.7. The van der Waals surface area contributed by atoms with Gasteiger partial charge in [-0.15, -0.1) is 0 Å². The van der Waals surface area contributed by atoms with Crippen molar-refractivity contribution in [3.05, 3.63) is 36.5 Å². The van der Waals surface area contributed by atoms with Gasteiger partial charge in [-0.05, 0) is 38.4 Å². The summed E-state index contributed by atoms with van der Waals surface area (Å²) >= 11 is 0. The third kappa shape index (κ3) is 4.80. The van der Waals surface area contributed by atoms with E-state index < -0.39 is 0 Å². The highest BCUT2D eigenvalue weighted by Crippen LogP contribution is 2.13. The van der Waals surface area contributed by atoms with Crippen LogP contribution in [0.25, 0.3) is 0 Å². The van der Waals surface area contributed by atoms with E-state index in [2.05, 4.69) is 64.8 Å². The minimum Gasteiger partial charge on any atom is -0.297 e. The van der Waals surface area contributed by atoms with Crippen LogP contribution in [0.1, 0.15) is 34.6 Å². The predicted molar refractivity (Wildman–Crippen MR) is 74.6 cm³/mol. The molecule has 0 aromatic rings. The van der Waals surface area contributed by atoms with E-state index in [0.29, 0.717) is 12.0 Å². The van der Waals surface area contributed by atoms with Crippen molar-refractivity contribution in [2.45, 2.75) is 40.7 Å². The molecule has 0 saturated heterocycles. The first kappa shape index (κ1) is 15.2. The van der Waals surface area contributed by atoms with Crippen LogP contribution in [0.15, 0.2) is 36.5 Å². The van der Waals surface area contributed by atoms with Crippen molar-refractivity contribution in [1.82, 2.24) is 4.90 Å². The molecule has 2 atom stereocenters. The minimum absolute atomic E-state index is 0.420. The van der Waals surface area contributed by atoms with Crippen LogP contribution in [0.2, 0.25) is 0 Å². The summed E-state index contributed by atoms with van der Waals surface area (Å²) in [6.07, 6.45) is 4.33. The van der Waals surface area contributed by atoms with Crippen molar-refractivity contribution in [3.63, 3.8) is 0 Å². The Hall–Kier alpha value is -0.820. The van der Waals surface area contributed by atoms with E-state index in [1.54, 1.807) is 0 Å². The van der Waals surface area contributed by atoms with Crippen molar-refractivity contribution < 1.29 is 0 Å². The molecule has 1 heteroatoms. The molecule has 0 rings (SSSR count). The second-order valence-electron chi connectivity index (χ2n) is 4.47. The molecule has 0 heterocycles. The van der Waals surface area contributed by atoms with E-state index in [1.807, 2.05) is 0 Å². The van der Waals surface area contributed by atoms with Gasteiger partial charge in [-0.1, -0.05) is 51.7 Å². The smallest absolute Gasteiger partial charge is 0.0313 e. The van der Waals surface area contributed by atoms with Gasteiger partial charge in [0, 0.05) is 6.04 Å². The van der Waals surface area contributed by atoms with Crippen molar-refractivity contribution in [1.29, 1.82) is 0 Å². The van der Waals surface area contributed by atoms with Gasteiger partial charge in [0.1, 0.15) is 0 Å². The zero-order valence-corrected chi connectivity index (χ0v) is 11.6. The largest absolute Gasteiger partial charge is 0.297 e. The summed E-state index contributed by atoms with van der Waals surface area (Å²) in [7, 11) is 0. The van der Waals surface area contributed by atoms with Gasteiger partial charge in [0.2, 0.25) is 0 Å². The standard InChI is InChI=1S/C15H27N/c1-8-16(9-2)15(7)14(6)11-10-13(5)12(3)4/h10-11,13,15H,3,6,8-9H2,1-2,4-5,7H3/b11-10-/t13-,15+/m1/s1. The minimum atomic E-state index is 0.420. The van der Waals surface area contributed by atoms with Gasteiger partial charge in [0.05, 0.1) is 0 Å². The maximum absolute atomic E-state index is 4.14. The van der Waals surface area contributed by atoms with Gasteiger partial charge >= 0.3 is 0 Å². The molecule has 0 radical (unpaired) electrons. The van der Waals surface area contributed by atoms with Gasteiger partial charge in [-0.2, -0.15) is 0 Å². The molecule has 1 nitrogen and oxygen atoms in total. The molecule has 0 saturated carbocycles. The number of likely N-dealkylation sites (N-methyl/N-ethyl adjacent to an activating group) is 1. The lowest BCUT2D eigenvalue weighted by molar-refractivity contribution is 0.262. The Labute approximate surface area is 102 Å². The van der Waals surface area contributed by atoms with Crippen LogP contribution in [0.4, 0.5) is 0 Å². The lowest BCUT2D eigenvalue weighted by Gasteiger charge is -2.26. The van der Waals surface area contributed by atoms with Gasteiger partial charge in [-0.25, -0.2) is 0 Å². The van der Waals surface area contributed by atoms with Crippen LogP contribution in [-0.4, -0.2) is 24.0 Å². The molecule has 0 spiro atoms. The molecular weight excluding hydrogens is 194 g/mol. The van der Waals surface area contributed by atoms with Crippen LogP contribution in [-0.2, 0) is 0 Å². The summed E-state index contributed by atoms with van der Waals surface area (Å²) in [6, 6.07) is 0.420. The third-order valence-corrected chi connectivity index (χ3v) is 3.27. The third-order valence-electron chi connectivity index (χ3n) is 3.27. The van der Waals surface area contributed by atoms with Crippen molar-refractivity contribution in [3.8, 4) is 0 Å². The van der Waals surface area contributed by atoms with Crippen LogP contribution in [0, 0.1) is 5.92 Å². The first-order chi connectivity index (χ1) is 7.43. The second kappa shape index (κ2) is 7.45. The average Bonchev–Trinajstić information content (AvgIpc) is 2.26. The summed E-state index contributed by atoms with van der Waals surface area (Å²) in [5.74, 6) is 0.431. The van der Waals surface area contributed by atoms with Crippen LogP contribution in [0.5, 0.6) is 0 Å². The maximum atomic E-state index is 4.14. The Balaban J connectivity index is 4.40. The number of allylic oxidation sites excluding steroid dienone is 2. The molecule has 0 amide bonds. The highest BCUT2D eigenvalue weighted by Gasteiger charge is 2.11. The molecule has 0 aromatic carbocycles. The van der Waals surface area contributed by atoms with Crippen molar-refractivity contribution >= 4 is 0 Å². The molecule has 0 aliphatic heterocycles. The highest BCUT2D eigenvalue weighted by atomic mass is 15.1. The molecule has 0 fully saturated rings. The zero-order valence-electron chi connectivity index (χ0n) is 11.6. The van der Waals surface area contributed by atoms with Crippen LogP contribution in [0.3, 0.4) is 0 Å². The quantitative estimate of drug-likeness (QED) is 0.463. The van der Waals surface area contributed by atoms with Gasteiger partial charge in [0.15, 0.2) is 0 Å². The van der Waals surface area contributed by atoms with Crippen molar-refractivity contribution in [2.24, 2.45) is 5.92 Å². The van der Waals surface area contributed by atoms with E-state index >= 15 is 0 Å². The monoisotopic (exact) mass is 221 g/mol. The Morgan fingerprint density at radius 2 is 1.69 bits per heavy atom. The summed E-state index contributed by atoms with van der Waals surface area (Å²) in [5, 5.41) is 0. The number of rotatable bonds is 7. The summed E-state index contributed by atoms with van der Waals surface area (Å²) in [4.78, 5) is 2.40. The van der Waals surface area contributed by atoms with Gasteiger partial charge in [0.25, 0.3) is 0 Å². The summed E-state index contributed by atoms with van der Waals surface area (Å²) < 4.78 is 0. The summed E-state index contributed by atoms with van der Waals surface area (Å²) in [5.41, 5.74) is 2.37. The van der Waals surface area contributed by atoms with E-state index in [-0.39, 0.29) is 0 Å². The van der Waals surface area contributed by atoms with Crippen molar-refractivity contribution in [2.75, 3.05) is 13.1 Å². The van der Waals surface area contributed by atoms with E-state index in [0.717, 1.165) is 13.1 Å². The Kier molecular flexibility index (Phi) is 7.07. The molecular formula is C15H27N. The molecule has 0 N–H and O–H groups in total. The number of nitrogens with zero attached hydrogens (tertiary/aromatic N) is 1. The van der Waals surface area contributed by atoms with E-state index in [9.17, 15) is 0 Å². The second-order valence-corrected chi connectivity index (χ2v) is 4.47. The lowest BCUT2D eigenvalue weighted by atomic mass is 10.0. The van der Waals surface area contributed by atoms with Gasteiger partial charge in [-0.3, -0.25) is 4.90 Å². The van der Waals surface area contributed by atoms with Gasteiger partial charge < -0.3 is 0 Å². The molecule has 0 aliphatic carbocycles. The molecule has 0 unspecified atom stereocenters. The lowest BCUT2D eigenvalue weighted by Crippen LogP contribution is -2.33. The van der Waals surface area contributed by atoms with Crippen LogP contribution >= 0.6 is 0 Å². The Bertz CT molecular complexity index is 259. The molecule has 0 aromatic heterocycles. The topological polar surface area (TPSA) is 3.24 Å². The average molecular weight is 221 g/mol. The SMILES string of the molecule is C=C(C)[C@H](C)/C=C\C(=C)[C@H](C)N(CC)CC. The fraction of sp³-hybridized carbons (Fsp3) is 0.600. The fourth-order valence-electron chi connectivity index (χ4n) is 1.58. The molecule has 0 aliphatic rings. The number of hydrogen-bond donors (Lipinski definition) is 0. The summed E-state index contributed by atoms with van der Waals surface area (Å²) in [6.45, 7) is 21.0. The Morgan fingerprint density at radius 3 is 2.06 bits per heavy atom. The molecule has 0 bridgehead atoms. The number of hydrogen-bond acceptors (Lipinski definition) is 1. The predicted octanol–water partition coefficient (Wildman–Crippen LogP) is 4.04. The first-order valence-electron chi connectivity index (χ1n) is 6.20. The van der Waals surface area contributed by atoms with E-state index in [4.69, 9.17) is 0 Å². The molecule has 92 valence electrons.